The van der Waals surface area contributed by atoms with Crippen LogP contribution in [0.1, 0.15) is 82.0 Å². The fraction of sp³-hybridized carbons (Fsp3) is 0.710. The quantitative estimate of drug-likeness (QED) is 0.254. The first-order valence-corrected chi connectivity index (χ1v) is 14.0. The van der Waals surface area contributed by atoms with Crippen molar-refractivity contribution in [3.8, 4) is 0 Å². The van der Waals surface area contributed by atoms with Crippen LogP contribution in [0.15, 0.2) is 42.0 Å². The molecule has 4 aliphatic rings. The fourth-order valence-electron chi connectivity index (χ4n) is 8.36. The van der Waals surface area contributed by atoms with E-state index in [1.165, 1.54) is 38.5 Å². The molecule has 0 N–H and O–H groups in total. The molecule has 4 aliphatic carbocycles. The Hall–Kier alpha value is -1.65. The van der Waals surface area contributed by atoms with Crippen molar-refractivity contribution in [2.45, 2.75) is 83.8 Å². The molecule has 0 bridgehead atoms. The number of ether oxygens (including phenoxy) is 2. The smallest absolute Gasteiger partial charge is 0.338 e. The van der Waals surface area contributed by atoms with E-state index >= 15 is 0 Å². The zero-order chi connectivity index (χ0) is 24.6. The average Bonchev–Trinajstić information content (AvgIpc) is 3.18. The van der Waals surface area contributed by atoms with Gasteiger partial charge in [0.2, 0.25) is 0 Å². The van der Waals surface area contributed by atoms with Gasteiger partial charge in [-0.3, -0.25) is 0 Å². The molecule has 7 atom stereocenters. The molecule has 0 aliphatic heterocycles. The highest BCUT2D eigenvalue weighted by Gasteiger charge is 2.60. The number of rotatable bonds is 7. The number of fused-ring (bicyclic) bond motifs is 5. The van der Waals surface area contributed by atoms with Gasteiger partial charge in [-0.2, -0.15) is 0 Å². The summed E-state index contributed by atoms with van der Waals surface area (Å²) in [6, 6.07) is 9.51. The zero-order valence-corrected chi connectivity index (χ0v) is 22.3. The summed E-state index contributed by atoms with van der Waals surface area (Å²) < 4.78 is 12.5. The third-order valence-corrected chi connectivity index (χ3v) is 10.3. The summed E-state index contributed by atoms with van der Waals surface area (Å²) in [6.45, 7) is 6.93. The van der Waals surface area contributed by atoms with Crippen molar-refractivity contribution in [3.63, 3.8) is 0 Å². The Bertz CT molecular complexity index is 926. The zero-order valence-electron chi connectivity index (χ0n) is 22.3. The van der Waals surface area contributed by atoms with Crippen LogP contribution < -0.4 is 0 Å². The number of carbonyl (C=O) groups is 1. The standard InChI is InChI=1S/C31H45NO3/c1-30-17-15-24(34-20-8-19-32(3)4)21-23(30)11-12-25-26-13-14-28(31(26,2)18-16-27(25)30)35-29(33)22-9-6-5-7-10-22/h5-7,9-10,21,24-28H,8,11-20H2,1-4H3/t24-,25?,26?,27?,28-,30-,31-/m0/s1. The van der Waals surface area contributed by atoms with E-state index in [9.17, 15) is 4.79 Å². The van der Waals surface area contributed by atoms with Gasteiger partial charge in [0.25, 0.3) is 0 Å². The van der Waals surface area contributed by atoms with Crippen LogP contribution >= 0.6 is 0 Å². The maximum Gasteiger partial charge on any atom is 0.338 e. The summed E-state index contributed by atoms with van der Waals surface area (Å²) in [4.78, 5) is 15.1. The first-order chi connectivity index (χ1) is 16.8. The second-order valence-electron chi connectivity index (χ2n) is 12.5. The highest BCUT2D eigenvalue weighted by molar-refractivity contribution is 5.89. The maximum atomic E-state index is 12.9. The third kappa shape index (κ3) is 4.73. The summed E-state index contributed by atoms with van der Waals surface area (Å²) in [5.41, 5.74) is 2.80. The molecule has 4 nitrogen and oxygen atoms in total. The summed E-state index contributed by atoms with van der Waals surface area (Å²) in [6.07, 6.45) is 13.6. The van der Waals surface area contributed by atoms with Crippen molar-refractivity contribution in [2.24, 2.45) is 28.6 Å². The fourth-order valence-corrected chi connectivity index (χ4v) is 8.36. The topological polar surface area (TPSA) is 38.8 Å². The molecule has 1 aromatic carbocycles. The number of nitrogens with zero attached hydrogens (tertiary/aromatic N) is 1. The first kappa shape index (κ1) is 25.0. The lowest BCUT2D eigenvalue weighted by Crippen LogP contribution is -2.52. The largest absolute Gasteiger partial charge is 0.458 e. The van der Waals surface area contributed by atoms with Gasteiger partial charge in [-0.05, 0) is 114 Å². The molecule has 3 saturated carbocycles. The SMILES string of the molecule is CN(C)CCCO[C@@H]1C=C2CCC3C(CC[C@@]4(C)C3CC[C@@H]4OC(=O)c3ccccc3)[C@@]2(C)CC1. The van der Waals surface area contributed by atoms with E-state index in [-0.39, 0.29) is 17.5 Å². The molecule has 0 aromatic heterocycles. The van der Waals surface area contributed by atoms with E-state index in [2.05, 4.69) is 38.9 Å². The van der Waals surface area contributed by atoms with Crippen LogP contribution in [0, 0.1) is 28.6 Å². The van der Waals surface area contributed by atoms with Crippen LogP contribution in [-0.2, 0) is 9.47 Å². The van der Waals surface area contributed by atoms with E-state index in [0.29, 0.717) is 23.0 Å². The van der Waals surface area contributed by atoms with Gasteiger partial charge in [0.15, 0.2) is 0 Å². The van der Waals surface area contributed by atoms with Gasteiger partial charge in [-0.25, -0.2) is 4.79 Å². The lowest BCUT2D eigenvalue weighted by Gasteiger charge is -2.58. The Morgan fingerprint density at radius 2 is 1.80 bits per heavy atom. The molecular weight excluding hydrogens is 434 g/mol. The predicted octanol–water partition coefficient (Wildman–Crippen LogP) is 6.51. The number of benzene rings is 1. The highest BCUT2D eigenvalue weighted by atomic mass is 16.5. The molecule has 0 spiro atoms. The summed E-state index contributed by atoms with van der Waals surface area (Å²) in [5, 5.41) is 0. The number of hydrogen-bond acceptors (Lipinski definition) is 4. The van der Waals surface area contributed by atoms with Crippen LogP contribution in [0.2, 0.25) is 0 Å². The minimum Gasteiger partial charge on any atom is -0.458 e. The normalized spacial score (nSPS) is 38.3. The highest BCUT2D eigenvalue weighted by Crippen LogP contribution is 2.65. The average molecular weight is 480 g/mol. The van der Waals surface area contributed by atoms with Crippen LogP contribution in [0.5, 0.6) is 0 Å². The molecule has 3 fully saturated rings. The van der Waals surface area contributed by atoms with E-state index in [4.69, 9.17) is 9.47 Å². The maximum absolute atomic E-state index is 12.9. The Balaban J connectivity index is 1.25. The molecule has 1 aromatic rings. The van der Waals surface area contributed by atoms with Gasteiger partial charge in [0, 0.05) is 12.0 Å². The predicted molar refractivity (Wildman–Crippen MR) is 140 cm³/mol. The van der Waals surface area contributed by atoms with Crippen molar-refractivity contribution in [3.05, 3.63) is 47.5 Å². The van der Waals surface area contributed by atoms with Crippen LogP contribution in [-0.4, -0.2) is 50.3 Å². The van der Waals surface area contributed by atoms with Crippen LogP contribution in [0.3, 0.4) is 0 Å². The Morgan fingerprint density at radius 1 is 1.00 bits per heavy atom. The Labute approximate surface area is 212 Å². The molecule has 4 heteroatoms. The first-order valence-electron chi connectivity index (χ1n) is 14.0. The van der Waals surface area contributed by atoms with Crippen molar-refractivity contribution >= 4 is 5.97 Å². The molecule has 0 amide bonds. The van der Waals surface area contributed by atoms with Crippen molar-refractivity contribution in [1.82, 2.24) is 4.90 Å². The molecule has 192 valence electrons. The van der Waals surface area contributed by atoms with E-state index in [0.717, 1.165) is 44.2 Å². The third-order valence-electron chi connectivity index (χ3n) is 10.3. The van der Waals surface area contributed by atoms with Gasteiger partial charge in [-0.1, -0.05) is 43.7 Å². The number of allylic oxidation sites excluding steroid dienone is 1. The second-order valence-corrected chi connectivity index (χ2v) is 12.5. The van der Waals surface area contributed by atoms with Gasteiger partial charge in [0.1, 0.15) is 6.10 Å². The lowest BCUT2D eigenvalue weighted by molar-refractivity contribution is -0.0837. The minimum atomic E-state index is -0.149. The molecule has 3 unspecified atom stereocenters. The van der Waals surface area contributed by atoms with E-state index in [1.807, 2.05) is 30.3 Å². The van der Waals surface area contributed by atoms with Gasteiger partial charge in [-0.15, -0.1) is 0 Å². The molecular formula is C31H45NO3. The van der Waals surface area contributed by atoms with Crippen LogP contribution in [0.25, 0.3) is 0 Å². The monoisotopic (exact) mass is 479 g/mol. The van der Waals surface area contributed by atoms with Crippen molar-refractivity contribution in [2.75, 3.05) is 27.2 Å². The van der Waals surface area contributed by atoms with E-state index < -0.39 is 0 Å². The van der Waals surface area contributed by atoms with E-state index in [1.54, 1.807) is 5.57 Å². The van der Waals surface area contributed by atoms with Crippen molar-refractivity contribution in [1.29, 1.82) is 0 Å². The van der Waals surface area contributed by atoms with Gasteiger partial charge < -0.3 is 14.4 Å². The Morgan fingerprint density at radius 3 is 2.57 bits per heavy atom. The Kier molecular flexibility index (Phi) is 7.16. The number of carbonyl (C=O) groups excluding carboxylic acids is 1. The minimum absolute atomic E-state index is 0.0530. The molecule has 0 saturated heterocycles. The summed E-state index contributed by atoms with van der Waals surface area (Å²) in [5.74, 6) is 2.05. The van der Waals surface area contributed by atoms with Gasteiger partial charge in [0.05, 0.1) is 11.7 Å². The second kappa shape index (κ2) is 10.0. The van der Waals surface area contributed by atoms with Crippen LogP contribution in [0.4, 0.5) is 0 Å². The lowest BCUT2D eigenvalue weighted by atomic mass is 9.47. The molecule has 35 heavy (non-hydrogen) atoms. The molecule has 0 radical (unpaired) electrons. The summed E-state index contributed by atoms with van der Waals surface area (Å²) in [7, 11) is 4.25. The molecule has 5 rings (SSSR count). The van der Waals surface area contributed by atoms with Crippen molar-refractivity contribution < 1.29 is 14.3 Å². The number of esters is 1. The van der Waals surface area contributed by atoms with Gasteiger partial charge >= 0.3 is 5.97 Å². The molecule has 0 heterocycles. The summed E-state index contributed by atoms with van der Waals surface area (Å²) >= 11 is 0. The number of hydrogen-bond donors (Lipinski definition) is 0.